The molecule has 9 heteroatoms. The predicted molar refractivity (Wildman–Crippen MR) is 117 cm³/mol. The lowest BCUT2D eigenvalue weighted by Gasteiger charge is -2.27. The van der Waals surface area contributed by atoms with Crippen molar-refractivity contribution >= 4 is 21.8 Å². The molecule has 31 heavy (non-hydrogen) atoms. The largest absolute Gasteiger partial charge is 0.379 e. The van der Waals surface area contributed by atoms with Crippen molar-refractivity contribution in [3.8, 4) is 0 Å². The van der Waals surface area contributed by atoms with Crippen LogP contribution in [0.1, 0.15) is 23.1 Å². The summed E-state index contributed by atoms with van der Waals surface area (Å²) in [6.07, 6.45) is 0.180. The second kappa shape index (κ2) is 9.59. The van der Waals surface area contributed by atoms with Gasteiger partial charge in [-0.25, -0.2) is 8.42 Å². The molecule has 0 unspecified atom stereocenters. The van der Waals surface area contributed by atoms with Gasteiger partial charge in [0.05, 0.1) is 24.7 Å². The Kier molecular flexibility index (Phi) is 6.64. The number of hydrogen-bond donors (Lipinski definition) is 2. The minimum Gasteiger partial charge on any atom is -0.379 e. The van der Waals surface area contributed by atoms with E-state index in [1.165, 1.54) is 5.56 Å². The highest BCUT2D eigenvalue weighted by Gasteiger charge is 2.29. The van der Waals surface area contributed by atoms with Crippen molar-refractivity contribution < 1.29 is 17.9 Å². The topological polar surface area (TPSA) is 100 Å². The molecule has 0 aliphatic carbocycles. The van der Waals surface area contributed by atoms with E-state index in [4.69, 9.17) is 4.74 Å². The van der Waals surface area contributed by atoms with Crippen LogP contribution in [0.4, 0.5) is 0 Å². The molecule has 2 N–H and O–H groups in total. The fourth-order valence-corrected chi connectivity index (χ4v) is 4.94. The Morgan fingerprint density at radius 3 is 2.58 bits per heavy atom. The Morgan fingerprint density at radius 2 is 1.77 bits per heavy atom. The molecule has 4 rings (SSSR count). The van der Waals surface area contributed by atoms with E-state index < -0.39 is 10.0 Å². The molecular formula is C22H26N4O4S. The number of ether oxygens (including phenoxy) is 1. The summed E-state index contributed by atoms with van der Waals surface area (Å²) < 4.78 is 32.1. The van der Waals surface area contributed by atoms with Crippen molar-refractivity contribution in [3.05, 3.63) is 65.2 Å². The maximum absolute atomic E-state index is 12.3. The SMILES string of the molecule is O=C(CCN=C1NS(=O)(=O)c2ccccc21)NCc1ccccc1CN1CCOCC1. The number of nitrogens with one attached hydrogen (secondary N) is 2. The molecule has 2 heterocycles. The number of morpholine rings is 1. The van der Waals surface area contributed by atoms with Crippen LogP contribution >= 0.6 is 0 Å². The van der Waals surface area contributed by atoms with Crippen molar-refractivity contribution in [3.63, 3.8) is 0 Å². The van der Waals surface area contributed by atoms with Gasteiger partial charge >= 0.3 is 0 Å². The molecule has 0 spiro atoms. The summed E-state index contributed by atoms with van der Waals surface area (Å²) in [5.74, 6) is 0.166. The molecule has 164 valence electrons. The summed E-state index contributed by atoms with van der Waals surface area (Å²) in [5, 5.41) is 2.95. The first-order valence-corrected chi connectivity index (χ1v) is 11.8. The van der Waals surface area contributed by atoms with Crippen LogP contribution in [-0.4, -0.2) is 57.9 Å². The van der Waals surface area contributed by atoms with Gasteiger partial charge in [-0.1, -0.05) is 36.4 Å². The Balaban J connectivity index is 1.30. The zero-order valence-corrected chi connectivity index (χ0v) is 18.0. The smallest absolute Gasteiger partial charge is 0.263 e. The van der Waals surface area contributed by atoms with Gasteiger partial charge in [0, 0.05) is 38.2 Å². The number of aliphatic imine (C=N–C) groups is 1. The number of sulfonamides is 1. The lowest BCUT2D eigenvalue weighted by atomic mass is 10.1. The van der Waals surface area contributed by atoms with Crippen molar-refractivity contribution in [2.75, 3.05) is 32.8 Å². The van der Waals surface area contributed by atoms with Crippen LogP contribution in [0.3, 0.4) is 0 Å². The van der Waals surface area contributed by atoms with Crippen LogP contribution in [0.25, 0.3) is 0 Å². The van der Waals surface area contributed by atoms with Crippen molar-refractivity contribution in [2.45, 2.75) is 24.4 Å². The second-order valence-corrected chi connectivity index (χ2v) is 9.17. The van der Waals surface area contributed by atoms with E-state index in [-0.39, 0.29) is 23.8 Å². The molecule has 0 saturated carbocycles. The highest BCUT2D eigenvalue weighted by atomic mass is 32.2. The summed E-state index contributed by atoms with van der Waals surface area (Å²) >= 11 is 0. The van der Waals surface area contributed by atoms with Gasteiger partial charge in [-0.15, -0.1) is 0 Å². The number of rotatable bonds is 7. The molecule has 2 aromatic rings. The maximum Gasteiger partial charge on any atom is 0.263 e. The Morgan fingerprint density at radius 1 is 1.06 bits per heavy atom. The third-order valence-electron chi connectivity index (χ3n) is 5.36. The zero-order chi connectivity index (χ0) is 21.7. The molecule has 8 nitrogen and oxygen atoms in total. The lowest BCUT2D eigenvalue weighted by molar-refractivity contribution is -0.121. The molecule has 0 bridgehead atoms. The van der Waals surface area contributed by atoms with E-state index in [1.54, 1.807) is 24.3 Å². The molecule has 0 atom stereocenters. The molecule has 1 fully saturated rings. The minimum atomic E-state index is -3.56. The molecular weight excluding hydrogens is 416 g/mol. The number of carbonyl (C=O) groups excluding carboxylic acids is 1. The summed E-state index contributed by atoms with van der Waals surface area (Å²) in [5.41, 5.74) is 2.83. The van der Waals surface area contributed by atoms with Gasteiger partial charge < -0.3 is 10.1 Å². The van der Waals surface area contributed by atoms with Crippen LogP contribution in [0.2, 0.25) is 0 Å². The highest BCUT2D eigenvalue weighted by molar-refractivity contribution is 7.90. The fourth-order valence-electron chi connectivity index (χ4n) is 3.69. The van der Waals surface area contributed by atoms with Crippen LogP contribution < -0.4 is 10.0 Å². The molecule has 1 amide bonds. The first kappa shape index (κ1) is 21.5. The van der Waals surface area contributed by atoms with Crippen LogP contribution in [0.15, 0.2) is 58.4 Å². The predicted octanol–water partition coefficient (Wildman–Crippen LogP) is 1.26. The van der Waals surface area contributed by atoms with E-state index >= 15 is 0 Å². The minimum absolute atomic E-state index is 0.125. The quantitative estimate of drug-likeness (QED) is 0.673. The molecule has 2 aliphatic heterocycles. The molecule has 0 radical (unpaired) electrons. The lowest BCUT2D eigenvalue weighted by Crippen LogP contribution is -2.36. The average molecular weight is 443 g/mol. The van der Waals surface area contributed by atoms with Gasteiger partial charge in [0.1, 0.15) is 5.84 Å². The first-order chi connectivity index (χ1) is 15.0. The van der Waals surface area contributed by atoms with Gasteiger partial charge in [-0.2, -0.15) is 0 Å². The molecule has 1 saturated heterocycles. The van der Waals surface area contributed by atoms with Crippen molar-refractivity contribution in [1.82, 2.24) is 14.9 Å². The van der Waals surface area contributed by atoms with Crippen LogP contribution in [0.5, 0.6) is 0 Å². The summed E-state index contributed by atoms with van der Waals surface area (Å²) in [7, 11) is -3.56. The van der Waals surface area contributed by atoms with E-state index in [2.05, 4.69) is 26.0 Å². The maximum atomic E-state index is 12.3. The summed E-state index contributed by atoms with van der Waals surface area (Å²) in [6, 6.07) is 14.8. The average Bonchev–Trinajstić information content (AvgIpc) is 3.04. The van der Waals surface area contributed by atoms with E-state index in [0.717, 1.165) is 38.4 Å². The molecule has 0 aromatic heterocycles. The van der Waals surface area contributed by atoms with Gasteiger partial charge in [0.2, 0.25) is 5.91 Å². The van der Waals surface area contributed by atoms with Crippen molar-refractivity contribution in [1.29, 1.82) is 0 Å². The third kappa shape index (κ3) is 5.30. The third-order valence-corrected chi connectivity index (χ3v) is 6.76. The van der Waals surface area contributed by atoms with Crippen LogP contribution in [-0.2, 0) is 32.6 Å². The Labute approximate surface area is 182 Å². The number of hydrogen-bond acceptors (Lipinski definition) is 6. The van der Waals surface area contributed by atoms with Gasteiger partial charge in [-0.05, 0) is 23.3 Å². The highest BCUT2D eigenvalue weighted by Crippen LogP contribution is 2.22. The van der Waals surface area contributed by atoms with Gasteiger partial charge in [-0.3, -0.25) is 19.4 Å². The number of carbonyl (C=O) groups is 1. The summed E-state index contributed by atoms with van der Waals surface area (Å²) in [4.78, 5) is 19.2. The normalized spacial score (nSPS) is 19.0. The Hall–Kier alpha value is -2.75. The van der Waals surface area contributed by atoms with E-state index in [9.17, 15) is 13.2 Å². The number of benzene rings is 2. The standard InChI is InChI=1S/C22H26N4O4S/c27-21(9-10-23-22-19-7-3-4-8-20(19)31(28,29)25-22)24-15-17-5-1-2-6-18(17)16-26-11-13-30-14-12-26/h1-8H,9-16H2,(H,23,25)(H,24,27). The fraction of sp³-hybridized carbons (Fsp3) is 0.364. The van der Waals surface area contributed by atoms with Gasteiger partial charge in [0.25, 0.3) is 10.0 Å². The first-order valence-electron chi connectivity index (χ1n) is 10.3. The van der Waals surface area contributed by atoms with Crippen molar-refractivity contribution in [2.24, 2.45) is 4.99 Å². The number of nitrogens with zero attached hydrogens (tertiary/aromatic N) is 2. The number of amidine groups is 1. The van der Waals surface area contributed by atoms with E-state index in [0.29, 0.717) is 17.9 Å². The monoisotopic (exact) mass is 442 g/mol. The number of fused-ring (bicyclic) bond motifs is 1. The number of amides is 1. The van der Waals surface area contributed by atoms with Gasteiger partial charge in [0.15, 0.2) is 0 Å². The Bertz CT molecular complexity index is 1080. The van der Waals surface area contributed by atoms with E-state index in [1.807, 2.05) is 18.2 Å². The second-order valence-electron chi connectivity index (χ2n) is 7.52. The molecule has 2 aromatic carbocycles. The summed E-state index contributed by atoms with van der Waals surface area (Å²) in [6.45, 7) is 4.81. The van der Waals surface area contributed by atoms with Crippen LogP contribution in [0, 0.1) is 0 Å². The zero-order valence-electron chi connectivity index (χ0n) is 17.2. The molecule has 2 aliphatic rings.